The molecule has 1 saturated heterocycles. The van der Waals surface area contributed by atoms with Gasteiger partial charge in [-0.1, -0.05) is 12.1 Å². The number of aromatic nitrogens is 1. The van der Waals surface area contributed by atoms with E-state index in [2.05, 4.69) is 4.57 Å². The standard InChI is InChI=1S/C26H24FN3O2S/c27-19-3-5-20(6-4-19)30-24-13-18(15-28)23(29)14-22(24)25(16-1-7-21(33-31)8-2-16)26(30)17-9-11-32-12-10-17/h1-8,13-15,17,28,31H,9-12,29H2. The molecule has 5 nitrogen and oxygen atoms in total. The van der Waals surface area contributed by atoms with E-state index in [0.717, 1.165) is 63.2 Å². The highest BCUT2D eigenvalue weighted by atomic mass is 32.2. The maximum absolute atomic E-state index is 13.8. The molecule has 4 N–H and O–H groups in total. The first-order chi connectivity index (χ1) is 16.1. The fraction of sp³-hybridized carbons (Fsp3) is 0.192. The SMILES string of the molecule is N=Cc1cc2c(cc1N)c(-c1ccc(SO)cc1)c(C1CCOCC1)n2-c1ccc(F)cc1. The number of benzene rings is 3. The molecule has 2 heterocycles. The van der Waals surface area contributed by atoms with Crippen molar-refractivity contribution in [3.63, 3.8) is 0 Å². The number of anilines is 1. The van der Waals surface area contributed by atoms with Crippen LogP contribution in [0.15, 0.2) is 65.6 Å². The van der Waals surface area contributed by atoms with E-state index < -0.39 is 0 Å². The van der Waals surface area contributed by atoms with Gasteiger partial charge in [0.2, 0.25) is 0 Å². The van der Waals surface area contributed by atoms with Crippen molar-refractivity contribution >= 4 is 34.8 Å². The van der Waals surface area contributed by atoms with Crippen molar-refractivity contribution in [2.75, 3.05) is 18.9 Å². The monoisotopic (exact) mass is 461 g/mol. The molecule has 0 aliphatic carbocycles. The van der Waals surface area contributed by atoms with E-state index in [1.54, 1.807) is 12.1 Å². The summed E-state index contributed by atoms with van der Waals surface area (Å²) < 4.78 is 31.0. The first-order valence-electron chi connectivity index (χ1n) is 10.8. The Hall–Kier alpha value is -3.13. The predicted octanol–water partition coefficient (Wildman–Crippen LogP) is 6.48. The lowest BCUT2D eigenvalue weighted by atomic mass is 9.90. The predicted molar refractivity (Wildman–Crippen MR) is 132 cm³/mol. The Morgan fingerprint density at radius 3 is 2.39 bits per heavy atom. The molecule has 0 bridgehead atoms. The van der Waals surface area contributed by atoms with E-state index in [1.165, 1.54) is 18.3 Å². The van der Waals surface area contributed by atoms with Gasteiger partial charge < -0.3 is 25.0 Å². The number of nitrogens with two attached hydrogens (primary N) is 1. The number of hydrogen-bond donors (Lipinski definition) is 3. The second-order valence-corrected chi connectivity index (χ2v) is 8.87. The Balaban J connectivity index is 1.88. The molecular weight excluding hydrogens is 437 g/mol. The molecule has 168 valence electrons. The van der Waals surface area contributed by atoms with Gasteiger partial charge in [0.05, 0.1) is 5.52 Å². The van der Waals surface area contributed by atoms with E-state index in [-0.39, 0.29) is 11.7 Å². The fourth-order valence-corrected chi connectivity index (χ4v) is 4.98. The van der Waals surface area contributed by atoms with E-state index in [9.17, 15) is 8.94 Å². The Labute approximate surface area is 195 Å². The van der Waals surface area contributed by atoms with Crippen LogP contribution in [-0.2, 0) is 4.74 Å². The van der Waals surface area contributed by atoms with Crippen molar-refractivity contribution in [3.8, 4) is 16.8 Å². The lowest BCUT2D eigenvalue weighted by Gasteiger charge is -2.26. The smallest absolute Gasteiger partial charge is 0.123 e. The van der Waals surface area contributed by atoms with Crippen LogP contribution in [0.25, 0.3) is 27.7 Å². The van der Waals surface area contributed by atoms with Crippen molar-refractivity contribution in [1.29, 1.82) is 5.41 Å². The van der Waals surface area contributed by atoms with Gasteiger partial charge in [0.25, 0.3) is 0 Å². The van der Waals surface area contributed by atoms with Gasteiger partial charge in [-0.15, -0.1) is 0 Å². The van der Waals surface area contributed by atoms with Crippen LogP contribution < -0.4 is 5.73 Å². The molecule has 1 aliphatic heterocycles. The molecule has 0 unspecified atom stereocenters. The first kappa shape index (κ1) is 21.7. The lowest BCUT2D eigenvalue weighted by molar-refractivity contribution is 0.0843. The van der Waals surface area contributed by atoms with Crippen LogP contribution in [0.2, 0.25) is 0 Å². The zero-order valence-corrected chi connectivity index (χ0v) is 18.7. The van der Waals surface area contributed by atoms with E-state index >= 15 is 0 Å². The fourth-order valence-electron chi connectivity index (χ4n) is 4.72. The molecule has 4 aromatic rings. The number of nitrogens with one attached hydrogen (secondary N) is 1. The van der Waals surface area contributed by atoms with E-state index in [4.69, 9.17) is 15.9 Å². The van der Waals surface area contributed by atoms with Gasteiger partial charge in [-0.05, 0) is 66.9 Å². The van der Waals surface area contributed by atoms with Gasteiger partial charge in [0, 0.05) is 75.9 Å². The first-order valence-corrected chi connectivity index (χ1v) is 11.6. The second kappa shape index (κ2) is 9.02. The number of nitrogen functional groups attached to an aromatic ring is 1. The van der Waals surface area contributed by atoms with Crippen LogP contribution in [0.4, 0.5) is 10.1 Å². The van der Waals surface area contributed by atoms with Crippen molar-refractivity contribution in [1.82, 2.24) is 4.57 Å². The molecule has 7 heteroatoms. The van der Waals surface area contributed by atoms with Crippen LogP contribution in [0.3, 0.4) is 0 Å². The number of hydrogen-bond acceptors (Lipinski definition) is 5. The molecule has 0 saturated carbocycles. The maximum atomic E-state index is 13.8. The zero-order chi connectivity index (χ0) is 22.9. The molecule has 0 spiro atoms. The minimum absolute atomic E-state index is 0.239. The third-order valence-corrected chi connectivity index (χ3v) is 6.79. The van der Waals surface area contributed by atoms with Gasteiger partial charge in [0.1, 0.15) is 5.82 Å². The van der Waals surface area contributed by atoms with E-state index in [1.807, 2.05) is 36.4 Å². The Kier molecular flexibility index (Phi) is 5.93. The summed E-state index contributed by atoms with van der Waals surface area (Å²) in [5.41, 5.74) is 12.5. The molecule has 1 aliphatic rings. The Morgan fingerprint density at radius 2 is 1.76 bits per heavy atom. The molecular formula is C26H24FN3O2S. The Morgan fingerprint density at radius 1 is 1.06 bits per heavy atom. The summed E-state index contributed by atoms with van der Waals surface area (Å²) in [5.74, 6) is -0.0488. The minimum atomic E-state index is -0.287. The van der Waals surface area contributed by atoms with Crippen LogP contribution in [0, 0.1) is 11.2 Å². The van der Waals surface area contributed by atoms with Gasteiger partial charge in [-0.25, -0.2) is 4.39 Å². The van der Waals surface area contributed by atoms with Crippen LogP contribution >= 0.6 is 12.0 Å². The van der Waals surface area contributed by atoms with Crippen LogP contribution in [-0.4, -0.2) is 28.5 Å². The summed E-state index contributed by atoms with van der Waals surface area (Å²) in [6.45, 7) is 1.37. The normalized spacial score (nSPS) is 14.6. The highest BCUT2D eigenvalue weighted by Crippen LogP contribution is 2.44. The average molecular weight is 462 g/mol. The average Bonchev–Trinajstić information content (AvgIpc) is 3.18. The van der Waals surface area contributed by atoms with Crippen molar-refractivity contribution in [3.05, 3.63) is 77.7 Å². The summed E-state index contributed by atoms with van der Waals surface area (Å²) in [6, 6.07) is 18.2. The summed E-state index contributed by atoms with van der Waals surface area (Å²) in [4.78, 5) is 0.763. The van der Waals surface area contributed by atoms with Gasteiger partial charge in [0.15, 0.2) is 0 Å². The number of fused-ring (bicyclic) bond motifs is 1. The number of rotatable bonds is 5. The molecule has 0 atom stereocenters. The van der Waals surface area contributed by atoms with E-state index in [0.29, 0.717) is 24.5 Å². The molecule has 3 aromatic carbocycles. The summed E-state index contributed by atoms with van der Waals surface area (Å²) in [5, 5.41) is 8.80. The van der Waals surface area contributed by atoms with Gasteiger partial charge in [-0.2, -0.15) is 0 Å². The summed E-state index contributed by atoms with van der Waals surface area (Å²) in [6.07, 6.45) is 3.02. The molecule has 1 aromatic heterocycles. The third-order valence-electron chi connectivity index (χ3n) is 6.31. The van der Waals surface area contributed by atoms with Crippen molar-refractivity contribution in [2.45, 2.75) is 23.7 Å². The van der Waals surface area contributed by atoms with Gasteiger partial charge >= 0.3 is 0 Å². The number of nitrogens with zero attached hydrogens (tertiary/aromatic N) is 1. The quantitative estimate of drug-likeness (QED) is 0.181. The van der Waals surface area contributed by atoms with Crippen molar-refractivity contribution in [2.24, 2.45) is 0 Å². The molecule has 33 heavy (non-hydrogen) atoms. The topological polar surface area (TPSA) is 84.3 Å². The Bertz CT molecular complexity index is 1310. The van der Waals surface area contributed by atoms with Crippen LogP contribution in [0.5, 0.6) is 0 Å². The summed E-state index contributed by atoms with van der Waals surface area (Å²) >= 11 is 0.717. The molecule has 0 amide bonds. The van der Waals surface area contributed by atoms with Gasteiger partial charge in [-0.3, -0.25) is 0 Å². The lowest BCUT2D eigenvalue weighted by Crippen LogP contribution is -2.17. The molecule has 5 rings (SSSR count). The highest BCUT2D eigenvalue weighted by Gasteiger charge is 2.28. The molecule has 1 fully saturated rings. The highest BCUT2D eigenvalue weighted by molar-refractivity contribution is 7.93. The van der Waals surface area contributed by atoms with Crippen LogP contribution in [0.1, 0.15) is 30.0 Å². The summed E-state index contributed by atoms with van der Waals surface area (Å²) in [7, 11) is 0. The minimum Gasteiger partial charge on any atom is -0.398 e. The zero-order valence-electron chi connectivity index (χ0n) is 17.9. The number of halogens is 1. The maximum Gasteiger partial charge on any atom is 0.123 e. The molecule has 0 radical (unpaired) electrons. The van der Waals surface area contributed by atoms with Crippen molar-refractivity contribution < 1.29 is 13.7 Å². The number of ether oxygens (including phenoxy) is 1. The third kappa shape index (κ3) is 3.93. The second-order valence-electron chi connectivity index (χ2n) is 8.22. The largest absolute Gasteiger partial charge is 0.398 e.